The number of carbonyl (C=O) groups excluding carboxylic acids is 1. The molecule has 2 aliphatic heterocycles. The number of aryl methyl sites for hydroxylation is 1. The van der Waals surface area contributed by atoms with Gasteiger partial charge in [-0.25, -0.2) is 14.4 Å². The second-order valence-corrected chi connectivity index (χ2v) is 8.94. The molecule has 0 aliphatic carbocycles. The van der Waals surface area contributed by atoms with Gasteiger partial charge in [0.05, 0.1) is 29.6 Å². The van der Waals surface area contributed by atoms with Crippen molar-refractivity contribution in [2.45, 2.75) is 31.8 Å². The third-order valence-electron chi connectivity index (χ3n) is 6.57. The average molecular weight is 462 g/mol. The van der Waals surface area contributed by atoms with Crippen molar-refractivity contribution in [1.29, 1.82) is 0 Å². The Balaban J connectivity index is 1.38. The minimum atomic E-state index is -0.511. The Morgan fingerprint density at radius 2 is 2.00 bits per heavy atom. The lowest BCUT2D eigenvalue weighted by molar-refractivity contribution is 0.102. The first kappa shape index (κ1) is 20.8. The molecule has 2 unspecified atom stereocenters. The number of benzene rings is 1. The number of amides is 1. The summed E-state index contributed by atoms with van der Waals surface area (Å²) in [6, 6.07) is 6.09. The molecule has 6 rings (SSSR count). The number of piperazine rings is 1. The van der Waals surface area contributed by atoms with Crippen LogP contribution in [0, 0.1) is 12.7 Å². The summed E-state index contributed by atoms with van der Waals surface area (Å²) < 4.78 is 21.3. The molecular formula is C24H24FN7O2. The Hall–Kier alpha value is -3.79. The van der Waals surface area contributed by atoms with E-state index in [1.165, 1.54) is 26.0 Å². The molecule has 1 amide bonds. The number of carbonyl (C=O) groups is 1. The van der Waals surface area contributed by atoms with Crippen molar-refractivity contribution in [3.05, 3.63) is 53.9 Å². The molecule has 0 spiro atoms. The van der Waals surface area contributed by atoms with Crippen molar-refractivity contribution >= 4 is 33.8 Å². The van der Waals surface area contributed by atoms with Crippen LogP contribution in [0.3, 0.4) is 0 Å². The lowest BCUT2D eigenvalue weighted by Gasteiger charge is -2.35. The molecule has 2 aliphatic rings. The predicted molar refractivity (Wildman–Crippen MR) is 126 cm³/mol. The average Bonchev–Trinajstić information content (AvgIpc) is 3.38. The maximum absolute atomic E-state index is 14.5. The van der Waals surface area contributed by atoms with Gasteiger partial charge < -0.3 is 24.7 Å². The first-order valence-corrected chi connectivity index (χ1v) is 11.3. The molecule has 5 heterocycles. The Bertz CT molecular complexity index is 1420. The molecule has 2 N–H and O–H groups in total. The lowest BCUT2D eigenvalue weighted by atomic mass is 10.1. The van der Waals surface area contributed by atoms with Crippen molar-refractivity contribution in [3.63, 3.8) is 0 Å². The normalized spacial score (nSPS) is 19.7. The van der Waals surface area contributed by atoms with E-state index in [1.807, 2.05) is 6.07 Å². The highest BCUT2D eigenvalue weighted by atomic mass is 19.1. The van der Waals surface area contributed by atoms with E-state index in [4.69, 9.17) is 4.74 Å². The SMILES string of the molecule is COc1ncc2c(N3CC4CCC(C3)N4)ccc(C(=O)Nc3cc(F)c4nc(C)cn4c3)c2n1. The number of rotatable bonds is 4. The molecular weight excluding hydrogens is 437 g/mol. The summed E-state index contributed by atoms with van der Waals surface area (Å²) in [5.74, 6) is -0.906. The van der Waals surface area contributed by atoms with E-state index >= 15 is 0 Å². The Kier molecular flexibility index (Phi) is 4.84. The van der Waals surface area contributed by atoms with E-state index in [1.54, 1.807) is 36.0 Å². The molecule has 0 radical (unpaired) electrons. The van der Waals surface area contributed by atoms with E-state index < -0.39 is 11.7 Å². The van der Waals surface area contributed by atoms with Gasteiger partial charge in [0.1, 0.15) is 0 Å². The Labute approximate surface area is 195 Å². The molecule has 9 nitrogen and oxygen atoms in total. The number of anilines is 2. The quantitative estimate of drug-likeness (QED) is 0.482. The number of hydrogen-bond acceptors (Lipinski definition) is 7. The zero-order valence-electron chi connectivity index (χ0n) is 18.9. The molecule has 2 bridgehead atoms. The number of aromatic nitrogens is 4. The number of halogens is 1. The largest absolute Gasteiger partial charge is 0.467 e. The molecule has 174 valence electrons. The van der Waals surface area contributed by atoms with Crippen LogP contribution in [0.2, 0.25) is 0 Å². The van der Waals surface area contributed by atoms with Crippen molar-refractivity contribution < 1.29 is 13.9 Å². The molecule has 1 aromatic carbocycles. The molecule has 4 aromatic rings. The lowest BCUT2D eigenvalue weighted by Crippen LogP contribution is -2.51. The maximum atomic E-state index is 14.5. The maximum Gasteiger partial charge on any atom is 0.316 e. The number of nitrogens with one attached hydrogen (secondary N) is 2. The zero-order chi connectivity index (χ0) is 23.4. The number of fused-ring (bicyclic) bond motifs is 4. The third-order valence-corrected chi connectivity index (χ3v) is 6.57. The monoisotopic (exact) mass is 461 g/mol. The molecule has 3 aromatic heterocycles. The molecule has 2 fully saturated rings. The number of hydrogen-bond donors (Lipinski definition) is 2. The van der Waals surface area contributed by atoms with Gasteiger partial charge in [-0.3, -0.25) is 4.79 Å². The van der Waals surface area contributed by atoms with E-state index in [9.17, 15) is 9.18 Å². The van der Waals surface area contributed by atoms with Crippen LogP contribution in [-0.4, -0.2) is 57.5 Å². The van der Waals surface area contributed by atoms with Crippen LogP contribution >= 0.6 is 0 Å². The van der Waals surface area contributed by atoms with Gasteiger partial charge in [-0.1, -0.05) is 0 Å². The molecule has 0 saturated carbocycles. The van der Waals surface area contributed by atoms with E-state index in [0.29, 0.717) is 34.5 Å². The number of ether oxygens (including phenoxy) is 1. The van der Waals surface area contributed by atoms with Gasteiger partial charge >= 0.3 is 6.01 Å². The van der Waals surface area contributed by atoms with Crippen molar-refractivity contribution in [2.75, 3.05) is 30.4 Å². The number of methoxy groups -OCH3 is 1. The predicted octanol–water partition coefficient (Wildman–Crippen LogP) is 2.93. The number of pyridine rings is 1. The van der Waals surface area contributed by atoms with E-state index in [2.05, 4.69) is 30.5 Å². The van der Waals surface area contributed by atoms with Crippen LogP contribution < -0.4 is 20.3 Å². The summed E-state index contributed by atoms with van der Waals surface area (Å²) in [5, 5.41) is 7.22. The van der Waals surface area contributed by atoms with Crippen LogP contribution in [0.1, 0.15) is 28.9 Å². The van der Waals surface area contributed by atoms with Gasteiger partial charge in [0.25, 0.3) is 5.91 Å². The Morgan fingerprint density at radius 1 is 1.21 bits per heavy atom. The summed E-state index contributed by atoms with van der Waals surface area (Å²) in [4.78, 5) is 28.6. The Morgan fingerprint density at radius 3 is 2.76 bits per heavy atom. The fourth-order valence-corrected chi connectivity index (χ4v) is 5.09. The first-order chi connectivity index (χ1) is 16.5. The van der Waals surface area contributed by atoms with E-state index in [0.717, 1.165) is 24.2 Å². The molecule has 34 heavy (non-hydrogen) atoms. The highest BCUT2D eigenvalue weighted by Crippen LogP contribution is 2.33. The van der Waals surface area contributed by atoms with Crippen LogP contribution in [0.15, 0.2) is 36.8 Å². The van der Waals surface area contributed by atoms with Crippen LogP contribution in [0.4, 0.5) is 15.8 Å². The highest BCUT2D eigenvalue weighted by Gasteiger charge is 2.33. The summed E-state index contributed by atoms with van der Waals surface area (Å²) in [6.45, 7) is 3.58. The molecule has 2 saturated heterocycles. The fraction of sp³-hybridized carbons (Fsp3) is 0.333. The fourth-order valence-electron chi connectivity index (χ4n) is 5.09. The minimum absolute atomic E-state index is 0.181. The standard InChI is InChI=1S/C24H24FN7O2/c1-13-9-32-12-16(7-19(25)22(32)27-13)29-23(33)17-5-6-20(18-8-26-24(34-2)30-21(17)18)31-10-14-3-4-15(11-31)28-14/h5-9,12,14-15,28H,3-4,10-11H2,1-2H3,(H,29,33). The van der Waals surface area contributed by atoms with Crippen LogP contribution in [-0.2, 0) is 0 Å². The summed E-state index contributed by atoms with van der Waals surface area (Å²) >= 11 is 0. The molecule has 2 atom stereocenters. The van der Waals surface area contributed by atoms with Gasteiger partial charge in [-0.2, -0.15) is 4.98 Å². The van der Waals surface area contributed by atoms with Gasteiger partial charge in [0.2, 0.25) is 0 Å². The number of imidazole rings is 1. The van der Waals surface area contributed by atoms with Gasteiger partial charge in [0.15, 0.2) is 11.5 Å². The van der Waals surface area contributed by atoms with Gasteiger partial charge in [-0.05, 0) is 31.9 Å². The second kappa shape index (κ2) is 7.91. The summed E-state index contributed by atoms with van der Waals surface area (Å²) in [6.07, 6.45) is 7.38. The topological polar surface area (TPSA) is 96.7 Å². The smallest absolute Gasteiger partial charge is 0.316 e. The van der Waals surface area contributed by atoms with Gasteiger partial charge in [0, 0.05) is 60.9 Å². The summed E-state index contributed by atoms with van der Waals surface area (Å²) in [7, 11) is 1.49. The minimum Gasteiger partial charge on any atom is -0.467 e. The number of nitrogens with zero attached hydrogens (tertiary/aromatic N) is 5. The first-order valence-electron chi connectivity index (χ1n) is 11.3. The van der Waals surface area contributed by atoms with Crippen molar-refractivity contribution in [3.8, 4) is 6.01 Å². The van der Waals surface area contributed by atoms with Crippen LogP contribution in [0.5, 0.6) is 6.01 Å². The third kappa shape index (κ3) is 3.50. The van der Waals surface area contributed by atoms with Gasteiger partial charge in [-0.15, -0.1) is 0 Å². The highest BCUT2D eigenvalue weighted by molar-refractivity contribution is 6.13. The van der Waals surface area contributed by atoms with E-state index in [-0.39, 0.29) is 11.7 Å². The van der Waals surface area contributed by atoms with Crippen LogP contribution in [0.25, 0.3) is 16.6 Å². The zero-order valence-corrected chi connectivity index (χ0v) is 18.9. The van der Waals surface area contributed by atoms with Crippen molar-refractivity contribution in [1.82, 2.24) is 24.7 Å². The molecule has 10 heteroatoms. The summed E-state index contributed by atoms with van der Waals surface area (Å²) in [5.41, 5.74) is 3.08. The van der Waals surface area contributed by atoms with Crippen molar-refractivity contribution in [2.24, 2.45) is 0 Å². The second-order valence-electron chi connectivity index (χ2n) is 8.94.